The number of aliphatic carboxylic acids is 1. The van der Waals surface area contributed by atoms with Gasteiger partial charge in [0.25, 0.3) is 0 Å². The van der Waals surface area contributed by atoms with Crippen LogP contribution in [-0.4, -0.2) is 11.9 Å². The van der Waals surface area contributed by atoms with E-state index in [1.165, 1.54) is 0 Å². The zero-order valence-corrected chi connectivity index (χ0v) is 9.86. The van der Waals surface area contributed by atoms with Crippen molar-refractivity contribution in [2.24, 2.45) is 0 Å². The van der Waals surface area contributed by atoms with E-state index in [2.05, 4.69) is 5.32 Å². The first-order valence-electron chi connectivity index (χ1n) is 5.70. The molecular weight excluding hydrogens is 218 g/mol. The van der Waals surface area contributed by atoms with Crippen molar-refractivity contribution in [3.63, 3.8) is 0 Å². The van der Waals surface area contributed by atoms with Crippen LogP contribution in [-0.2, 0) is 16.0 Å². The third-order valence-electron chi connectivity index (χ3n) is 2.40. The average Bonchev–Trinajstić information content (AvgIpc) is 2.28. The summed E-state index contributed by atoms with van der Waals surface area (Å²) >= 11 is 0. The highest BCUT2D eigenvalue weighted by molar-refractivity contribution is 5.90. The fraction of sp³-hybridized carbons (Fsp3) is 0.385. The number of anilines is 1. The van der Waals surface area contributed by atoms with Gasteiger partial charge >= 0.3 is 0 Å². The molecule has 4 nitrogen and oxygen atoms in total. The summed E-state index contributed by atoms with van der Waals surface area (Å²) in [4.78, 5) is 21.6. The van der Waals surface area contributed by atoms with E-state index in [0.717, 1.165) is 17.7 Å². The van der Waals surface area contributed by atoms with Crippen LogP contribution in [0.4, 0.5) is 5.69 Å². The van der Waals surface area contributed by atoms with E-state index in [-0.39, 0.29) is 18.7 Å². The predicted octanol–water partition coefficient (Wildman–Crippen LogP) is 1.11. The highest BCUT2D eigenvalue weighted by Gasteiger charge is 2.02. The molecule has 0 atom stereocenters. The fourth-order valence-electron chi connectivity index (χ4n) is 1.49. The lowest BCUT2D eigenvalue weighted by atomic mass is 10.1. The van der Waals surface area contributed by atoms with E-state index in [1.807, 2.05) is 31.2 Å². The number of hydrogen-bond donors (Lipinski definition) is 1. The molecule has 0 bridgehead atoms. The smallest absolute Gasteiger partial charge is 0.224 e. The van der Waals surface area contributed by atoms with Gasteiger partial charge in [-0.3, -0.25) is 4.79 Å². The summed E-state index contributed by atoms with van der Waals surface area (Å²) < 4.78 is 0. The van der Waals surface area contributed by atoms with Gasteiger partial charge in [-0.25, -0.2) is 0 Å². The van der Waals surface area contributed by atoms with Crippen molar-refractivity contribution >= 4 is 17.6 Å². The zero-order valence-electron chi connectivity index (χ0n) is 9.86. The summed E-state index contributed by atoms with van der Waals surface area (Å²) in [6, 6.07) is 7.60. The maximum absolute atomic E-state index is 11.5. The SMILES string of the molecule is CCc1cccc(NC(=O)CCCC(=O)[O-])c1. The molecular formula is C13H16NO3-. The molecule has 17 heavy (non-hydrogen) atoms. The zero-order chi connectivity index (χ0) is 12.7. The topological polar surface area (TPSA) is 69.2 Å². The van der Waals surface area contributed by atoms with Gasteiger partial charge in [0, 0.05) is 18.1 Å². The summed E-state index contributed by atoms with van der Waals surface area (Å²) in [5.41, 5.74) is 1.90. The molecule has 1 rings (SSSR count). The number of carbonyl (C=O) groups excluding carboxylic acids is 2. The Bertz CT molecular complexity index is 401. The quantitative estimate of drug-likeness (QED) is 0.801. The molecule has 0 fully saturated rings. The van der Waals surface area contributed by atoms with Gasteiger partial charge in [-0.15, -0.1) is 0 Å². The minimum Gasteiger partial charge on any atom is -0.550 e. The van der Waals surface area contributed by atoms with Gasteiger partial charge in [0.05, 0.1) is 0 Å². The van der Waals surface area contributed by atoms with E-state index in [0.29, 0.717) is 6.42 Å². The van der Waals surface area contributed by atoms with Crippen LogP contribution in [0.5, 0.6) is 0 Å². The molecule has 0 spiro atoms. The number of benzene rings is 1. The minimum atomic E-state index is -1.12. The van der Waals surface area contributed by atoms with Gasteiger partial charge in [0.15, 0.2) is 0 Å². The lowest BCUT2D eigenvalue weighted by Gasteiger charge is -2.06. The van der Waals surface area contributed by atoms with E-state index < -0.39 is 5.97 Å². The normalized spacial score (nSPS) is 9.94. The van der Waals surface area contributed by atoms with Crippen LogP contribution < -0.4 is 10.4 Å². The van der Waals surface area contributed by atoms with Crippen molar-refractivity contribution in [3.05, 3.63) is 29.8 Å². The van der Waals surface area contributed by atoms with E-state index in [4.69, 9.17) is 0 Å². The number of carboxylic acids is 1. The number of hydrogen-bond acceptors (Lipinski definition) is 3. The number of carbonyl (C=O) groups is 2. The highest BCUT2D eigenvalue weighted by atomic mass is 16.4. The van der Waals surface area contributed by atoms with Crippen molar-refractivity contribution in [2.75, 3.05) is 5.32 Å². The maximum Gasteiger partial charge on any atom is 0.224 e. The van der Waals surface area contributed by atoms with Gasteiger partial charge in [0.1, 0.15) is 0 Å². The van der Waals surface area contributed by atoms with E-state index >= 15 is 0 Å². The summed E-state index contributed by atoms with van der Waals surface area (Å²) in [7, 11) is 0. The van der Waals surface area contributed by atoms with Crippen molar-refractivity contribution in [3.8, 4) is 0 Å². The van der Waals surface area contributed by atoms with Gasteiger partial charge in [0.2, 0.25) is 5.91 Å². The Morgan fingerprint density at radius 2 is 2.06 bits per heavy atom. The second-order valence-corrected chi connectivity index (χ2v) is 3.83. The molecule has 1 amide bonds. The largest absolute Gasteiger partial charge is 0.550 e. The van der Waals surface area contributed by atoms with E-state index in [9.17, 15) is 14.7 Å². The highest BCUT2D eigenvalue weighted by Crippen LogP contribution is 2.11. The molecule has 0 heterocycles. The maximum atomic E-state index is 11.5. The van der Waals surface area contributed by atoms with Gasteiger partial charge < -0.3 is 15.2 Å². The molecule has 0 aliphatic carbocycles. The summed E-state index contributed by atoms with van der Waals surface area (Å²) in [5.74, 6) is -1.29. The Hall–Kier alpha value is -1.84. The van der Waals surface area contributed by atoms with Crippen LogP contribution in [0.3, 0.4) is 0 Å². The Morgan fingerprint density at radius 1 is 1.29 bits per heavy atom. The minimum absolute atomic E-state index is 0.0809. The van der Waals surface area contributed by atoms with E-state index in [1.54, 1.807) is 0 Å². The summed E-state index contributed by atoms with van der Waals surface area (Å²) in [6.45, 7) is 2.04. The van der Waals surface area contributed by atoms with Crippen LogP contribution >= 0.6 is 0 Å². The first kappa shape index (κ1) is 13.2. The lowest BCUT2D eigenvalue weighted by Crippen LogP contribution is -2.22. The molecule has 0 aliphatic heterocycles. The van der Waals surface area contributed by atoms with Crippen LogP contribution in [0.15, 0.2) is 24.3 Å². The Labute approximate surface area is 101 Å². The molecule has 1 aromatic rings. The van der Waals surface area contributed by atoms with Crippen LogP contribution in [0, 0.1) is 0 Å². The molecule has 4 heteroatoms. The molecule has 0 radical (unpaired) electrons. The van der Waals surface area contributed by atoms with Crippen molar-refractivity contribution in [1.29, 1.82) is 0 Å². The third kappa shape index (κ3) is 5.15. The monoisotopic (exact) mass is 234 g/mol. The molecule has 1 aromatic carbocycles. The fourth-order valence-corrected chi connectivity index (χ4v) is 1.49. The number of aryl methyl sites for hydroxylation is 1. The molecule has 0 aliphatic rings. The Kier molecular flexibility index (Phi) is 5.20. The number of nitrogens with one attached hydrogen (secondary N) is 1. The van der Waals surface area contributed by atoms with Gasteiger partial charge in [-0.2, -0.15) is 0 Å². The molecule has 92 valence electrons. The number of carboxylic acid groups (broad SMARTS) is 1. The van der Waals surface area contributed by atoms with Crippen molar-refractivity contribution < 1.29 is 14.7 Å². The van der Waals surface area contributed by atoms with Crippen LogP contribution in [0.2, 0.25) is 0 Å². The molecule has 1 N–H and O–H groups in total. The summed E-state index contributed by atoms with van der Waals surface area (Å²) in [5, 5.41) is 12.9. The number of amides is 1. The first-order valence-corrected chi connectivity index (χ1v) is 5.70. The van der Waals surface area contributed by atoms with Crippen molar-refractivity contribution in [1.82, 2.24) is 0 Å². The van der Waals surface area contributed by atoms with Gasteiger partial charge in [-0.1, -0.05) is 19.1 Å². The number of rotatable bonds is 6. The second-order valence-electron chi connectivity index (χ2n) is 3.83. The van der Waals surface area contributed by atoms with Crippen molar-refractivity contribution in [2.45, 2.75) is 32.6 Å². The average molecular weight is 234 g/mol. The first-order chi connectivity index (χ1) is 8.11. The Balaban J connectivity index is 2.42. The standard InChI is InChI=1S/C13H17NO3/c1-2-10-5-3-6-11(9-10)14-12(15)7-4-8-13(16)17/h3,5-6,9H,2,4,7-8H2,1H3,(H,14,15)(H,16,17)/p-1. The molecule has 0 unspecified atom stereocenters. The predicted molar refractivity (Wildman–Crippen MR) is 63.3 cm³/mol. The second kappa shape index (κ2) is 6.68. The molecule has 0 saturated carbocycles. The third-order valence-corrected chi connectivity index (χ3v) is 2.40. The summed E-state index contributed by atoms with van der Waals surface area (Å²) in [6.07, 6.45) is 1.34. The molecule has 0 saturated heterocycles. The molecule has 0 aromatic heterocycles. The van der Waals surface area contributed by atoms with Gasteiger partial charge in [-0.05, 0) is 37.0 Å². The lowest BCUT2D eigenvalue weighted by molar-refractivity contribution is -0.305. The van der Waals surface area contributed by atoms with Crippen LogP contribution in [0.25, 0.3) is 0 Å². The Morgan fingerprint density at radius 3 is 2.71 bits per heavy atom. The van der Waals surface area contributed by atoms with Crippen LogP contribution in [0.1, 0.15) is 31.7 Å².